The molecule has 0 fully saturated rings. The van der Waals surface area contributed by atoms with Crippen LogP contribution in [0.15, 0.2) is 0 Å². The van der Waals surface area contributed by atoms with Crippen molar-refractivity contribution in [2.75, 3.05) is 24.7 Å². The van der Waals surface area contributed by atoms with Crippen LogP contribution in [-0.2, 0) is 24.1 Å². The number of Topliss-reactive ketones (excluding diaryl/α,β-unsaturated/α-hetero) is 1. The molecule has 6 heteroatoms. The minimum absolute atomic E-state index is 0.0419. The topological polar surface area (TPSA) is 69.7 Å². The van der Waals surface area contributed by atoms with Crippen LogP contribution in [0.1, 0.15) is 33.6 Å². The number of carbonyl (C=O) groups excluding carboxylic acids is 1. The molecule has 0 aliphatic rings. The molecule has 0 bridgehead atoms. The van der Waals surface area contributed by atoms with Crippen LogP contribution in [0.5, 0.6) is 0 Å². The zero-order chi connectivity index (χ0) is 13.3. The molecule has 0 rings (SSSR count). The molecular formula is C11H22O5S. The summed E-state index contributed by atoms with van der Waals surface area (Å²) in [6.45, 7) is 5.94. The van der Waals surface area contributed by atoms with Gasteiger partial charge in [-0.25, -0.2) is 8.42 Å². The van der Waals surface area contributed by atoms with Crippen molar-refractivity contribution < 1.29 is 22.7 Å². The van der Waals surface area contributed by atoms with Crippen LogP contribution in [0.25, 0.3) is 0 Å². The summed E-state index contributed by atoms with van der Waals surface area (Å²) < 4.78 is 32.7. The third kappa shape index (κ3) is 7.46. The number of hydrogen-bond donors (Lipinski definition) is 0. The zero-order valence-electron chi connectivity index (χ0n) is 10.8. The van der Waals surface area contributed by atoms with Crippen LogP contribution < -0.4 is 0 Å². The van der Waals surface area contributed by atoms with Crippen molar-refractivity contribution in [3.63, 3.8) is 0 Å². The van der Waals surface area contributed by atoms with Gasteiger partial charge in [0.15, 0.2) is 5.78 Å². The van der Waals surface area contributed by atoms with E-state index in [1.165, 1.54) is 0 Å². The Labute approximate surface area is 103 Å². The van der Waals surface area contributed by atoms with Gasteiger partial charge in [-0.05, 0) is 20.3 Å². The maximum Gasteiger partial charge on any atom is 0.217 e. The molecule has 17 heavy (non-hydrogen) atoms. The highest BCUT2D eigenvalue weighted by Crippen LogP contribution is 2.05. The average molecular weight is 266 g/mol. The predicted octanol–water partition coefficient (Wildman–Crippen LogP) is 1.17. The second-order valence-corrected chi connectivity index (χ2v) is 6.02. The Morgan fingerprint density at radius 1 is 1.12 bits per heavy atom. The average Bonchev–Trinajstić information content (AvgIpc) is 2.28. The summed E-state index contributed by atoms with van der Waals surface area (Å²) in [4.78, 5) is 11.7. The normalized spacial score (nSPS) is 12.0. The van der Waals surface area contributed by atoms with Crippen molar-refractivity contribution in [2.45, 2.75) is 39.9 Å². The second-order valence-electron chi connectivity index (χ2n) is 3.55. The summed E-state index contributed by atoms with van der Waals surface area (Å²) >= 11 is 0. The molecule has 0 amide bonds. The third-order valence-corrected chi connectivity index (χ3v) is 4.01. The number of rotatable bonds is 10. The van der Waals surface area contributed by atoms with Gasteiger partial charge in [-0.3, -0.25) is 4.79 Å². The van der Waals surface area contributed by atoms with E-state index in [4.69, 9.17) is 9.47 Å². The SMILES string of the molecule is CCOC(OCC)C(=O)CCCS(=O)(=O)CC. The van der Waals surface area contributed by atoms with E-state index in [-0.39, 0.29) is 23.7 Å². The molecule has 0 unspecified atom stereocenters. The molecule has 0 aromatic rings. The lowest BCUT2D eigenvalue weighted by Crippen LogP contribution is -2.28. The highest BCUT2D eigenvalue weighted by molar-refractivity contribution is 7.91. The Hall–Kier alpha value is -0.460. The maximum atomic E-state index is 11.7. The predicted molar refractivity (Wildman–Crippen MR) is 65.6 cm³/mol. The lowest BCUT2D eigenvalue weighted by Gasteiger charge is -2.15. The molecule has 0 radical (unpaired) electrons. The van der Waals surface area contributed by atoms with E-state index in [1.54, 1.807) is 20.8 Å². The molecule has 0 aliphatic carbocycles. The number of carbonyl (C=O) groups is 1. The lowest BCUT2D eigenvalue weighted by molar-refractivity contribution is -0.167. The van der Waals surface area contributed by atoms with E-state index >= 15 is 0 Å². The Morgan fingerprint density at radius 2 is 1.65 bits per heavy atom. The van der Waals surface area contributed by atoms with E-state index in [9.17, 15) is 13.2 Å². The lowest BCUT2D eigenvalue weighted by atomic mass is 10.2. The first kappa shape index (κ1) is 16.5. The molecule has 0 heterocycles. The third-order valence-electron chi connectivity index (χ3n) is 2.22. The van der Waals surface area contributed by atoms with Gasteiger partial charge in [0.2, 0.25) is 6.29 Å². The summed E-state index contributed by atoms with van der Waals surface area (Å²) in [5.41, 5.74) is 0. The maximum absolute atomic E-state index is 11.7. The van der Waals surface area contributed by atoms with E-state index in [2.05, 4.69) is 0 Å². The number of ether oxygens (including phenoxy) is 2. The fraction of sp³-hybridized carbons (Fsp3) is 0.909. The first-order valence-corrected chi connectivity index (χ1v) is 7.75. The van der Waals surface area contributed by atoms with Gasteiger partial charge in [-0.1, -0.05) is 6.92 Å². The van der Waals surface area contributed by atoms with Crippen LogP contribution in [0.3, 0.4) is 0 Å². The first-order chi connectivity index (χ1) is 7.96. The van der Waals surface area contributed by atoms with Crippen molar-refractivity contribution in [3.8, 4) is 0 Å². The van der Waals surface area contributed by atoms with E-state index in [1.807, 2.05) is 0 Å². The summed E-state index contributed by atoms with van der Waals surface area (Å²) in [7, 11) is -3.00. The van der Waals surface area contributed by atoms with Gasteiger partial charge in [0.25, 0.3) is 0 Å². The Morgan fingerprint density at radius 3 is 2.06 bits per heavy atom. The van der Waals surface area contributed by atoms with Gasteiger partial charge in [0.1, 0.15) is 9.84 Å². The summed E-state index contributed by atoms with van der Waals surface area (Å²) in [6.07, 6.45) is -0.357. The van der Waals surface area contributed by atoms with Gasteiger partial charge < -0.3 is 9.47 Å². The van der Waals surface area contributed by atoms with E-state index < -0.39 is 16.1 Å². The van der Waals surface area contributed by atoms with Crippen molar-refractivity contribution in [3.05, 3.63) is 0 Å². The molecule has 0 atom stereocenters. The van der Waals surface area contributed by atoms with Crippen molar-refractivity contribution >= 4 is 15.6 Å². The Kier molecular flexibility index (Phi) is 8.37. The Balaban J connectivity index is 4.06. The minimum Gasteiger partial charge on any atom is -0.346 e. The first-order valence-electron chi connectivity index (χ1n) is 5.93. The van der Waals surface area contributed by atoms with Crippen molar-refractivity contribution in [1.29, 1.82) is 0 Å². The van der Waals surface area contributed by atoms with Crippen LogP contribution in [0, 0.1) is 0 Å². The highest BCUT2D eigenvalue weighted by Gasteiger charge is 2.19. The summed E-state index contributed by atoms with van der Waals surface area (Å²) in [5, 5.41) is 0. The van der Waals surface area contributed by atoms with Crippen LogP contribution in [-0.4, -0.2) is 45.2 Å². The van der Waals surface area contributed by atoms with Crippen molar-refractivity contribution in [1.82, 2.24) is 0 Å². The summed E-state index contributed by atoms with van der Waals surface area (Å²) in [6, 6.07) is 0. The molecule has 0 aliphatic heterocycles. The standard InChI is InChI=1S/C11H22O5S/c1-4-15-11(16-5-2)10(12)8-7-9-17(13,14)6-3/h11H,4-9H2,1-3H3. The number of hydrogen-bond acceptors (Lipinski definition) is 5. The van der Waals surface area contributed by atoms with E-state index in [0.717, 1.165) is 0 Å². The van der Waals surface area contributed by atoms with E-state index in [0.29, 0.717) is 19.6 Å². The molecule has 5 nitrogen and oxygen atoms in total. The fourth-order valence-corrected chi connectivity index (χ4v) is 2.14. The Bertz CT molecular complexity index is 304. The zero-order valence-corrected chi connectivity index (χ0v) is 11.6. The van der Waals surface area contributed by atoms with Crippen LogP contribution in [0.2, 0.25) is 0 Å². The van der Waals surface area contributed by atoms with Gasteiger partial charge >= 0.3 is 0 Å². The second kappa shape index (κ2) is 8.60. The number of ketones is 1. The van der Waals surface area contributed by atoms with Crippen molar-refractivity contribution in [2.24, 2.45) is 0 Å². The molecule has 0 N–H and O–H groups in total. The van der Waals surface area contributed by atoms with Crippen LogP contribution in [0.4, 0.5) is 0 Å². The molecule has 0 spiro atoms. The molecular weight excluding hydrogens is 244 g/mol. The fourth-order valence-electron chi connectivity index (χ4n) is 1.27. The molecule has 0 saturated heterocycles. The van der Waals surface area contributed by atoms with Gasteiger partial charge in [-0.2, -0.15) is 0 Å². The summed E-state index contributed by atoms with van der Waals surface area (Å²) in [5.74, 6) is -0.0399. The quantitative estimate of drug-likeness (QED) is 0.555. The van der Waals surface area contributed by atoms with Gasteiger partial charge in [0.05, 0.1) is 5.75 Å². The smallest absolute Gasteiger partial charge is 0.217 e. The van der Waals surface area contributed by atoms with Gasteiger partial charge in [-0.15, -0.1) is 0 Å². The molecule has 0 saturated carbocycles. The highest BCUT2D eigenvalue weighted by atomic mass is 32.2. The molecule has 0 aromatic carbocycles. The monoisotopic (exact) mass is 266 g/mol. The molecule has 102 valence electrons. The number of sulfone groups is 1. The largest absolute Gasteiger partial charge is 0.346 e. The minimum atomic E-state index is -3.00. The van der Waals surface area contributed by atoms with Gasteiger partial charge in [0, 0.05) is 25.4 Å². The molecule has 0 aromatic heterocycles. The van der Waals surface area contributed by atoms with Crippen LogP contribution >= 0.6 is 0 Å².